The van der Waals surface area contributed by atoms with Crippen molar-refractivity contribution in [3.63, 3.8) is 0 Å². The van der Waals surface area contributed by atoms with Gasteiger partial charge in [0.05, 0.1) is 0 Å². The Morgan fingerprint density at radius 2 is 1.86 bits per heavy atom. The van der Waals surface area contributed by atoms with Gasteiger partial charge in [0.2, 0.25) is 10.0 Å². The van der Waals surface area contributed by atoms with Gasteiger partial charge in [-0.15, -0.1) is 0 Å². The van der Waals surface area contributed by atoms with Crippen molar-refractivity contribution in [1.82, 2.24) is 14.6 Å². The largest absolute Gasteiger partial charge is 0.354 e. The number of hydrogen-bond acceptors (Lipinski definition) is 5. The molecule has 6 nitrogen and oxygen atoms in total. The molecule has 0 radical (unpaired) electrons. The van der Waals surface area contributed by atoms with Crippen LogP contribution < -0.4 is 9.62 Å². The lowest BCUT2D eigenvalue weighted by molar-refractivity contribution is 0.241. The summed E-state index contributed by atoms with van der Waals surface area (Å²) in [4.78, 5) is 8.91. The molecule has 1 aromatic carbocycles. The molecular weight excluding hydrogens is 396 g/mol. The molecule has 0 amide bonds. The quantitative estimate of drug-likeness (QED) is 0.746. The smallest absolute Gasteiger partial charge is 0.234 e. The second kappa shape index (κ2) is 9.52. The first-order chi connectivity index (χ1) is 13.4. The fourth-order valence-electron chi connectivity index (χ4n) is 3.19. The summed E-state index contributed by atoms with van der Waals surface area (Å²) < 4.78 is 27.3. The molecule has 0 spiro atoms. The summed E-state index contributed by atoms with van der Waals surface area (Å²) in [6, 6.07) is 12.7. The molecule has 1 unspecified atom stereocenters. The first-order valence-corrected chi connectivity index (χ1v) is 11.2. The lowest BCUT2D eigenvalue weighted by atomic mass is 10.2. The first-order valence-electron chi connectivity index (χ1n) is 9.26. The van der Waals surface area contributed by atoms with Crippen LogP contribution in [0.4, 0.5) is 5.82 Å². The minimum Gasteiger partial charge on any atom is -0.354 e. The van der Waals surface area contributed by atoms with E-state index < -0.39 is 10.0 Å². The van der Waals surface area contributed by atoms with E-state index in [2.05, 4.69) is 19.5 Å². The topological polar surface area (TPSA) is 65.5 Å². The van der Waals surface area contributed by atoms with Gasteiger partial charge in [-0.25, -0.2) is 18.1 Å². The van der Waals surface area contributed by atoms with Crippen molar-refractivity contribution in [2.24, 2.45) is 0 Å². The molecule has 1 aliphatic heterocycles. The molecule has 1 saturated heterocycles. The van der Waals surface area contributed by atoms with Crippen LogP contribution in [0.1, 0.15) is 12.5 Å². The SMILES string of the molecule is CC(CN1CCN(c2ccccn2)CC1)NS(=O)(=O)/C=C/c1ccc(Cl)cc1. The van der Waals surface area contributed by atoms with Crippen LogP contribution in [-0.2, 0) is 10.0 Å². The van der Waals surface area contributed by atoms with Crippen molar-refractivity contribution in [3.05, 3.63) is 64.7 Å². The van der Waals surface area contributed by atoms with Crippen molar-refractivity contribution < 1.29 is 8.42 Å². The second-order valence-corrected chi connectivity index (χ2v) is 8.93. The third kappa shape index (κ3) is 6.31. The fraction of sp³-hybridized carbons (Fsp3) is 0.350. The van der Waals surface area contributed by atoms with E-state index in [0.29, 0.717) is 11.6 Å². The number of hydrogen-bond donors (Lipinski definition) is 1. The molecule has 1 atom stereocenters. The maximum Gasteiger partial charge on any atom is 0.234 e. The van der Waals surface area contributed by atoms with E-state index in [1.807, 2.05) is 25.1 Å². The van der Waals surface area contributed by atoms with Gasteiger partial charge < -0.3 is 4.90 Å². The molecule has 2 aromatic rings. The molecule has 8 heteroatoms. The monoisotopic (exact) mass is 420 g/mol. The average molecular weight is 421 g/mol. The molecule has 0 saturated carbocycles. The van der Waals surface area contributed by atoms with Crippen LogP contribution in [0.5, 0.6) is 0 Å². The third-order valence-electron chi connectivity index (χ3n) is 4.55. The maximum absolute atomic E-state index is 12.3. The zero-order chi connectivity index (χ0) is 20.0. The zero-order valence-corrected chi connectivity index (χ0v) is 17.4. The van der Waals surface area contributed by atoms with Gasteiger partial charge in [0.1, 0.15) is 5.82 Å². The van der Waals surface area contributed by atoms with Gasteiger partial charge in [0, 0.05) is 55.4 Å². The minimum atomic E-state index is -3.50. The number of nitrogens with one attached hydrogen (secondary N) is 1. The molecule has 1 fully saturated rings. The average Bonchev–Trinajstić information content (AvgIpc) is 2.68. The minimum absolute atomic E-state index is 0.179. The number of pyridine rings is 1. The highest BCUT2D eigenvalue weighted by Crippen LogP contribution is 2.13. The van der Waals surface area contributed by atoms with E-state index >= 15 is 0 Å². The highest BCUT2D eigenvalue weighted by atomic mass is 35.5. The summed E-state index contributed by atoms with van der Waals surface area (Å²) in [5.74, 6) is 0.989. The number of anilines is 1. The summed E-state index contributed by atoms with van der Waals surface area (Å²) in [5, 5.41) is 1.82. The van der Waals surface area contributed by atoms with E-state index in [1.165, 1.54) is 5.41 Å². The van der Waals surface area contributed by atoms with E-state index in [0.717, 1.165) is 37.6 Å². The Hall–Kier alpha value is -1.93. The van der Waals surface area contributed by atoms with E-state index in [1.54, 1.807) is 36.5 Å². The molecule has 28 heavy (non-hydrogen) atoms. The Balaban J connectivity index is 1.47. The molecule has 2 heterocycles. The van der Waals surface area contributed by atoms with Crippen LogP contribution >= 0.6 is 11.6 Å². The van der Waals surface area contributed by atoms with Gasteiger partial charge in [0.15, 0.2) is 0 Å². The number of piperazine rings is 1. The Labute approximate surface area is 171 Å². The molecule has 150 valence electrons. The number of rotatable bonds is 7. The predicted molar refractivity (Wildman–Crippen MR) is 115 cm³/mol. The summed E-state index contributed by atoms with van der Waals surface area (Å²) in [6.45, 7) is 6.08. The molecule has 3 rings (SSSR count). The fourth-order valence-corrected chi connectivity index (χ4v) is 4.36. The van der Waals surface area contributed by atoms with Crippen molar-refractivity contribution in [1.29, 1.82) is 0 Å². The van der Waals surface area contributed by atoms with E-state index in [9.17, 15) is 8.42 Å². The number of benzene rings is 1. The lowest BCUT2D eigenvalue weighted by Crippen LogP contribution is -2.50. The Bertz CT molecular complexity index is 880. The van der Waals surface area contributed by atoms with Crippen LogP contribution in [0.15, 0.2) is 54.1 Å². The van der Waals surface area contributed by atoms with Crippen molar-refractivity contribution in [3.8, 4) is 0 Å². The molecule has 1 aliphatic rings. The normalized spacial score (nSPS) is 17.1. The van der Waals surface area contributed by atoms with Gasteiger partial charge in [-0.05, 0) is 42.8 Å². The van der Waals surface area contributed by atoms with Crippen molar-refractivity contribution >= 4 is 33.5 Å². The molecule has 0 aliphatic carbocycles. The van der Waals surface area contributed by atoms with Crippen LogP contribution in [0, 0.1) is 0 Å². The molecule has 1 N–H and O–H groups in total. The Morgan fingerprint density at radius 1 is 1.14 bits per heavy atom. The second-order valence-electron chi connectivity index (χ2n) is 6.89. The van der Waals surface area contributed by atoms with E-state index in [-0.39, 0.29) is 6.04 Å². The van der Waals surface area contributed by atoms with Crippen LogP contribution in [0.2, 0.25) is 5.02 Å². The number of nitrogens with zero attached hydrogens (tertiary/aromatic N) is 3. The number of aromatic nitrogens is 1. The van der Waals surface area contributed by atoms with Gasteiger partial charge in [-0.1, -0.05) is 29.8 Å². The lowest BCUT2D eigenvalue weighted by Gasteiger charge is -2.36. The number of halogens is 1. The zero-order valence-electron chi connectivity index (χ0n) is 15.8. The third-order valence-corrected chi connectivity index (χ3v) is 6.03. The van der Waals surface area contributed by atoms with E-state index in [4.69, 9.17) is 11.6 Å². The van der Waals surface area contributed by atoms with Gasteiger partial charge in [-0.2, -0.15) is 0 Å². The van der Waals surface area contributed by atoms with Crippen LogP contribution in [-0.4, -0.2) is 57.1 Å². The van der Waals surface area contributed by atoms with Crippen molar-refractivity contribution in [2.45, 2.75) is 13.0 Å². The Morgan fingerprint density at radius 3 is 2.50 bits per heavy atom. The molecular formula is C20H25ClN4O2S. The van der Waals surface area contributed by atoms with Gasteiger partial charge in [-0.3, -0.25) is 4.90 Å². The van der Waals surface area contributed by atoms with Crippen molar-refractivity contribution in [2.75, 3.05) is 37.6 Å². The standard InChI is InChI=1S/C20H25ClN4O2S/c1-17(23-28(26,27)15-9-18-5-7-19(21)8-6-18)16-24-11-13-25(14-12-24)20-4-2-3-10-22-20/h2-10,15,17,23H,11-14,16H2,1H3/b15-9+. The summed E-state index contributed by atoms with van der Waals surface area (Å²) in [5.41, 5.74) is 0.785. The van der Waals surface area contributed by atoms with Crippen LogP contribution in [0.25, 0.3) is 6.08 Å². The molecule has 0 bridgehead atoms. The first kappa shape index (κ1) is 20.8. The maximum atomic E-state index is 12.3. The summed E-state index contributed by atoms with van der Waals surface area (Å²) >= 11 is 5.84. The highest BCUT2D eigenvalue weighted by Gasteiger charge is 2.20. The molecule has 1 aromatic heterocycles. The predicted octanol–water partition coefficient (Wildman–Crippen LogP) is 2.84. The summed E-state index contributed by atoms with van der Waals surface area (Å²) in [7, 11) is -3.50. The Kier molecular flexibility index (Phi) is 7.07. The highest BCUT2D eigenvalue weighted by molar-refractivity contribution is 7.92. The summed E-state index contributed by atoms with van der Waals surface area (Å²) in [6.07, 6.45) is 3.37. The van der Waals surface area contributed by atoms with Crippen LogP contribution in [0.3, 0.4) is 0 Å². The number of sulfonamides is 1. The van der Waals surface area contributed by atoms with Gasteiger partial charge >= 0.3 is 0 Å². The van der Waals surface area contributed by atoms with Gasteiger partial charge in [0.25, 0.3) is 0 Å².